The summed E-state index contributed by atoms with van der Waals surface area (Å²) >= 11 is 0. The molecule has 0 aromatic rings. The highest BCUT2D eigenvalue weighted by Crippen LogP contribution is 2.10. The molecule has 68 valence electrons. The third-order valence-electron chi connectivity index (χ3n) is 1.84. The summed E-state index contributed by atoms with van der Waals surface area (Å²) in [4.78, 5) is 4.47. The topological polar surface area (TPSA) is 12.4 Å². The van der Waals surface area contributed by atoms with E-state index in [1.165, 1.54) is 0 Å². The first-order chi connectivity index (χ1) is 5.49. The van der Waals surface area contributed by atoms with Crippen molar-refractivity contribution in [1.82, 2.24) is 0 Å². The first kappa shape index (κ1) is 11.2. The Morgan fingerprint density at radius 3 is 2.08 bits per heavy atom. The molecule has 0 aromatic heterocycles. The lowest BCUT2D eigenvalue weighted by Gasteiger charge is -2.06. The van der Waals surface area contributed by atoms with Crippen LogP contribution in [-0.2, 0) is 0 Å². The lowest BCUT2D eigenvalue weighted by atomic mass is 10.1. The zero-order chi connectivity index (χ0) is 9.72. The van der Waals surface area contributed by atoms with Gasteiger partial charge in [-0.2, -0.15) is 0 Å². The van der Waals surface area contributed by atoms with Crippen molar-refractivity contribution < 1.29 is 0 Å². The van der Waals surface area contributed by atoms with Crippen molar-refractivity contribution in [3.63, 3.8) is 0 Å². The molecule has 0 aliphatic carbocycles. The predicted octanol–water partition coefficient (Wildman–Crippen LogP) is 3.58. The number of aliphatic imine (C=N–C) groups is 1. The Bertz CT molecular complexity index is 219. The monoisotopic (exact) mass is 165 g/mol. The Kier molecular flexibility index (Phi) is 4.57. The van der Waals surface area contributed by atoms with E-state index in [9.17, 15) is 0 Å². The molecule has 0 spiro atoms. The van der Waals surface area contributed by atoms with Gasteiger partial charge in [-0.05, 0) is 32.3 Å². The van der Waals surface area contributed by atoms with Crippen LogP contribution in [-0.4, -0.2) is 5.71 Å². The van der Waals surface area contributed by atoms with Gasteiger partial charge in [0.05, 0.1) is 5.70 Å². The molecule has 0 N–H and O–H groups in total. The van der Waals surface area contributed by atoms with E-state index in [1.54, 1.807) is 0 Å². The van der Waals surface area contributed by atoms with Crippen LogP contribution in [0.25, 0.3) is 0 Å². The predicted molar refractivity (Wildman–Crippen MR) is 56.5 cm³/mol. The molecule has 0 aliphatic rings. The average Bonchev–Trinajstić information content (AvgIpc) is 1.98. The normalized spacial score (nSPS) is 13.8. The molecule has 1 heteroatoms. The van der Waals surface area contributed by atoms with Crippen LogP contribution in [0, 0.1) is 5.92 Å². The maximum Gasteiger partial charge on any atom is 0.0609 e. The molecule has 0 amide bonds. The number of hydrogen-bond acceptors (Lipinski definition) is 1. The summed E-state index contributed by atoms with van der Waals surface area (Å²) in [5.41, 5.74) is 3.18. The van der Waals surface area contributed by atoms with Gasteiger partial charge >= 0.3 is 0 Å². The molecular formula is C11H19N. The summed E-state index contributed by atoms with van der Waals surface area (Å²) in [6.45, 7) is 14.2. The third-order valence-corrected chi connectivity index (χ3v) is 1.84. The molecular weight excluding hydrogens is 146 g/mol. The molecule has 0 saturated carbocycles. The lowest BCUT2D eigenvalue weighted by molar-refractivity contribution is 0.875. The summed E-state index contributed by atoms with van der Waals surface area (Å²) in [7, 11) is 0. The van der Waals surface area contributed by atoms with Crippen LogP contribution >= 0.6 is 0 Å². The van der Waals surface area contributed by atoms with E-state index < -0.39 is 0 Å². The SMILES string of the molecule is C=C(C)/C(=C/C)N=C(C)C(C)C. The van der Waals surface area contributed by atoms with E-state index in [-0.39, 0.29) is 0 Å². The Labute approximate surface area is 75.9 Å². The van der Waals surface area contributed by atoms with Crippen molar-refractivity contribution in [2.75, 3.05) is 0 Å². The highest BCUT2D eigenvalue weighted by atomic mass is 14.8. The molecule has 12 heavy (non-hydrogen) atoms. The van der Waals surface area contributed by atoms with Crippen molar-refractivity contribution in [3.05, 3.63) is 23.9 Å². The molecule has 0 aromatic carbocycles. The van der Waals surface area contributed by atoms with Gasteiger partial charge in [0.2, 0.25) is 0 Å². The molecule has 0 rings (SSSR count). The van der Waals surface area contributed by atoms with Crippen molar-refractivity contribution >= 4 is 5.71 Å². The van der Waals surface area contributed by atoms with Crippen molar-refractivity contribution in [2.24, 2.45) is 10.9 Å². The highest BCUT2D eigenvalue weighted by molar-refractivity contribution is 5.85. The standard InChI is InChI=1S/C11H19N/c1-7-11(9(4)5)12-10(6)8(2)3/h7-8H,4H2,1-3,5-6H3/b11-7-,12-10?. The molecule has 0 radical (unpaired) electrons. The van der Waals surface area contributed by atoms with E-state index in [0.717, 1.165) is 17.0 Å². The molecule has 0 atom stereocenters. The van der Waals surface area contributed by atoms with Crippen LogP contribution in [0.3, 0.4) is 0 Å². The Morgan fingerprint density at radius 2 is 1.83 bits per heavy atom. The third kappa shape index (κ3) is 3.51. The molecule has 0 heterocycles. The van der Waals surface area contributed by atoms with Crippen LogP contribution in [0.1, 0.15) is 34.6 Å². The average molecular weight is 165 g/mol. The lowest BCUT2D eigenvalue weighted by Crippen LogP contribution is -2.02. The van der Waals surface area contributed by atoms with Gasteiger partial charge < -0.3 is 0 Å². The van der Waals surface area contributed by atoms with Gasteiger partial charge in [0, 0.05) is 5.71 Å². The second-order valence-electron chi connectivity index (χ2n) is 3.36. The molecule has 0 unspecified atom stereocenters. The van der Waals surface area contributed by atoms with Crippen molar-refractivity contribution in [2.45, 2.75) is 34.6 Å². The van der Waals surface area contributed by atoms with E-state index in [2.05, 4.69) is 32.3 Å². The maximum atomic E-state index is 4.47. The van der Waals surface area contributed by atoms with E-state index in [1.807, 2.05) is 19.9 Å². The minimum absolute atomic E-state index is 0.513. The molecule has 1 nitrogen and oxygen atoms in total. The van der Waals surface area contributed by atoms with Crippen LogP contribution in [0.2, 0.25) is 0 Å². The minimum atomic E-state index is 0.513. The Hall–Kier alpha value is -0.850. The van der Waals surface area contributed by atoms with Crippen LogP contribution < -0.4 is 0 Å². The van der Waals surface area contributed by atoms with Crippen molar-refractivity contribution in [1.29, 1.82) is 0 Å². The first-order valence-electron chi connectivity index (χ1n) is 4.36. The summed E-state index contributed by atoms with van der Waals surface area (Å²) in [5, 5.41) is 0. The van der Waals surface area contributed by atoms with E-state index >= 15 is 0 Å². The van der Waals surface area contributed by atoms with Crippen LogP contribution in [0.15, 0.2) is 28.9 Å². The zero-order valence-electron chi connectivity index (χ0n) is 8.81. The Morgan fingerprint density at radius 1 is 1.33 bits per heavy atom. The van der Waals surface area contributed by atoms with E-state index in [0.29, 0.717) is 5.92 Å². The first-order valence-corrected chi connectivity index (χ1v) is 4.36. The minimum Gasteiger partial charge on any atom is -0.258 e. The second kappa shape index (κ2) is 4.91. The van der Waals surface area contributed by atoms with Gasteiger partial charge in [-0.25, -0.2) is 0 Å². The molecule has 0 aliphatic heterocycles. The van der Waals surface area contributed by atoms with E-state index in [4.69, 9.17) is 0 Å². The largest absolute Gasteiger partial charge is 0.258 e. The molecule has 0 saturated heterocycles. The summed E-state index contributed by atoms with van der Waals surface area (Å²) in [6.07, 6.45) is 1.99. The second-order valence-corrected chi connectivity index (χ2v) is 3.36. The number of rotatable bonds is 3. The number of hydrogen-bond donors (Lipinski definition) is 0. The molecule has 0 fully saturated rings. The highest BCUT2D eigenvalue weighted by Gasteiger charge is 1.99. The fraction of sp³-hybridized carbons (Fsp3) is 0.545. The fourth-order valence-corrected chi connectivity index (χ4v) is 0.725. The van der Waals surface area contributed by atoms with Gasteiger partial charge in [-0.1, -0.05) is 26.5 Å². The zero-order valence-corrected chi connectivity index (χ0v) is 8.81. The van der Waals surface area contributed by atoms with Crippen LogP contribution in [0.4, 0.5) is 0 Å². The van der Waals surface area contributed by atoms with Gasteiger partial charge in [0.15, 0.2) is 0 Å². The molecule has 0 bridgehead atoms. The number of allylic oxidation sites excluding steroid dienone is 2. The van der Waals surface area contributed by atoms with Gasteiger partial charge in [0.25, 0.3) is 0 Å². The number of nitrogens with zero attached hydrogens (tertiary/aromatic N) is 1. The van der Waals surface area contributed by atoms with Gasteiger partial charge in [-0.15, -0.1) is 0 Å². The van der Waals surface area contributed by atoms with Gasteiger partial charge in [0.1, 0.15) is 0 Å². The summed E-state index contributed by atoms with van der Waals surface area (Å²) in [6, 6.07) is 0. The van der Waals surface area contributed by atoms with Crippen molar-refractivity contribution in [3.8, 4) is 0 Å². The maximum absolute atomic E-state index is 4.47. The summed E-state index contributed by atoms with van der Waals surface area (Å²) in [5.74, 6) is 0.513. The van der Waals surface area contributed by atoms with Gasteiger partial charge in [-0.3, -0.25) is 4.99 Å². The summed E-state index contributed by atoms with van der Waals surface area (Å²) < 4.78 is 0. The van der Waals surface area contributed by atoms with Crippen LogP contribution in [0.5, 0.6) is 0 Å². The smallest absolute Gasteiger partial charge is 0.0609 e. The quantitative estimate of drug-likeness (QED) is 0.447. The Balaban J connectivity index is 4.60. The fourth-order valence-electron chi connectivity index (χ4n) is 0.725.